The SMILES string of the molecule is COC(=O)c1c(OS(=O)(=O)C(F)(F)F)cc(C)c2c1-c1ccccc1C(c1ccccc1)C2. The minimum atomic E-state index is -6.00. The highest BCUT2D eigenvalue weighted by Crippen LogP contribution is 2.48. The first-order valence-corrected chi connectivity index (χ1v) is 11.4. The van der Waals surface area contributed by atoms with Crippen LogP contribution in [0.2, 0.25) is 0 Å². The summed E-state index contributed by atoms with van der Waals surface area (Å²) < 4.78 is 71.8. The van der Waals surface area contributed by atoms with E-state index in [4.69, 9.17) is 4.74 Å². The molecule has 1 atom stereocenters. The van der Waals surface area contributed by atoms with Gasteiger partial charge in [0.15, 0.2) is 5.75 Å². The van der Waals surface area contributed by atoms with Gasteiger partial charge in [0.25, 0.3) is 0 Å². The number of hydrogen-bond donors (Lipinski definition) is 0. The van der Waals surface area contributed by atoms with Crippen LogP contribution in [-0.4, -0.2) is 27.0 Å². The number of aryl methyl sites for hydroxylation is 1. The molecular weight excluding hydrogens is 457 g/mol. The van der Waals surface area contributed by atoms with E-state index in [2.05, 4.69) is 4.18 Å². The van der Waals surface area contributed by atoms with Crippen molar-refractivity contribution in [3.63, 3.8) is 0 Å². The minimum absolute atomic E-state index is 0.0650. The van der Waals surface area contributed by atoms with Crippen molar-refractivity contribution in [1.29, 1.82) is 0 Å². The van der Waals surface area contributed by atoms with Crippen molar-refractivity contribution in [3.05, 3.63) is 88.5 Å². The van der Waals surface area contributed by atoms with Crippen LogP contribution in [0.5, 0.6) is 5.75 Å². The van der Waals surface area contributed by atoms with Gasteiger partial charge in [0.2, 0.25) is 0 Å². The summed E-state index contributed by atoms with van der Waals surface area (Å²) in [6.07, 6.45) is 0.457. The first kappa shape index (κ1) is 22.8. The van der Waals surface area contributed by atoms with Gasteiger partial charge in [0.05, 0.1) is 7.11 Å². The summed E-state index contributed by atoms with van der Waals surface area (Å²) in [4.78, 5) is 12.7. The number of esters is 1. The number of rotatable bonds is 4. The number of halogens is 3. The normalized spacial score (nSPS) is 15.4. The zero-order valence-electron chi connectivity index (χ0n) is 17.6. The van der Waals surface area contributed by atoms with Gasteiger partial charge >= 0.3 is 21.6 Å². The fourth-order valence-electron chi connectivity index (χ4n) is 4.25. The molecule has 1 aliphatic carbocycles. The highest BCUT2D eigenvalue weighted by atomic mass is 32.2. The largest absolute Gasteiger partial charge is 0.534 e. The molecule has 172 valence electrons. The molecule has 33 heavy (non-hydrogen) atoms. The van der Waals surface area contributed by atoms with Crippen LogP contribution in [0, 0.1) is 6.92 Å². The maximum Gasteiger partial charge on any atom is 0.534 e. The minimum Gasteiger partial charge on any atom is -0.465 e. The Bertz CT molecular complexity index is 1330. The lowest BCUT2D eigenvalue weighted by atomic mass is 9.73. The standard InChI is InChI=1S/C24H19F3O5S/c1-14-12-20(32-33(29,30)24(25,26)27)22(23(28)31-2)21-17-11-7-6-10-16(17)19(13-18(14)21)15-8-4-3-5-9-15/h3-12,19H,13H2,1-2H3. The summed E-state index contributed by atoms with van der Waals surface area (Å²) in [5, 5.41) is 0. The molecule has 4 rings (SSSR count). The molecular formula is C24H19F3O5S. The van der Waals surface area contributed by atoms with Gasteiger partial charge in [0.1, 0.15) is 5.56 Å². The van der Waals surface area contributed by atoms with Crippen molar-refractivity contribution in [3.8, 4) is 16.9 Å². The second-order valence-electron chi connectivity index (χ2n) is 7.65. The third-order valence-electron chi connectivity index (χ3n) is 5.71. The fraction of sp³-hybridized carbons (Fsp3) is 0.208. The quantitative estimate of drug-likeness (QED) is 0.288. The predicted octanol–water partition coefficient (Wildman–Crippen LogP) is 5.37. The Hall–Kier alpha value is -3.33. The van der Waals surface area contributed by atoms with Gasteiger partial charge in [-0.05, 0) is 47.2 Å². The zero-order chi connectivity index (χ0) is 24.0. The summed E-state index contributed by atoms with van der Waals surface area (Å²) in [5.41, 5.74) is -1.99. The van der Waals surface area contributed by atoms with Crippen molar-refractivity contribution in [2.75, 3.05) is 7.11 Å². The molecule has 5 nitrogen and oxygen atoms in total. The lowest BCUT2D eigenvalue weighted by Gasteiger charge is -2.31. The number of carbonyl (C=O) groups excluding carboxylic acids is 1. The van der Waals surface area contributed by atoms with E-state index in [0.29, 0.717) is 28.7 Å². The van der Waals surface area contributed by atoms with Crippen LogP contribution >= 0.6 is 0 Å². The highest BCUT2D eigenvalue weighted by molar-refractivity contribution is 7.88. The van der Waals surface area contributed by atoms with E-state index >= 15 is 0 Å². The van der Waals surface area contributed by atoms with E-state index < -0.39 is 27.3 Å². The van der Waals surface area contributed by atoms with Gasteiger partial charge in [-0.15, -0.1) is 0 Å². The van der Waals surface area contributed by atoms with Crippen LogP contribution < -0.4 is 4.18 Å². The van der Waals surface area contributed by atoms with Gasteiger partial charge in [-0.25, -0.2) is 4.79 Å². The Morgan fingerprint density at radius 1 is 1.03 bits per heavy atom. The van der Waals surface area contributed by atoms with Crippen molar-refractivity contribution in [2.45, 2.75) is 24.8 Å². The van der Waals surface area contributed by atoms with Crippen molar-refractivity contribution in [1.82, 2.24) is 0 Å². The number of methoxy groups -OCH3 is 1. The van der Waals surface area contributed by atoms with E-state index in [1.165, 1.54) is 0 Å². The molecule has 3 aromatic rings. The van der Waals surface area contributed by atoms with Gasteiger partial charge in [-0.2, -0.15) is 21.6 Å². The lowest BCUT2D eigenvalue weighted by molar-refractivity contribution is -0.0500. The monoisotopic (exact) mass is 476 g/mol. The predicted molar refractivity (Wildman–Crippen MR) is 116 cm³/mol. The summed E-state index contributed by atoms with van der Waals surface area (Å²) in [6.45, 7) is 1.64. The van der Waals surface area contributed by atoms with Gasteiger partial charge in [0, 0.05) is 11.5 Å². The van der Waals surface area contributed by atoms with Crippen LogP contribution in [0.4, 0.5) is 13.2 Å². The number of benzene rings is 3. The molecule has 0 heterocycles. The molecule has 0 spiro atoms. The summed E-state index contributed by atoms with van der Waals surface area (Å²) in [5.74, 6) is -1.78. The van der Waals surface area contributed by atoms with Gasteiger partial charge in [-0.1, -0.05) is 54.6 Å². The molecule has 0 saturated carbocycles. The highest BCUT2D eigenvalue weighted by Gasteiger charge is 2.49. The fourth-order valence-corrected chi connectivity index (χ4v) is 4.71. The first-order chi connectivity index (χ1) is 15.5. The second-order valence-corrected chi connectivity index (χ2v) is 9.19. The molecule has 0 bridgehead atoms. The maximum atomic E-state index is 13.0. The zero-order valence-corrected chi connectivity index (χ0v) is 18.5. The maximum absolute atomic E-state index is 13.0. The average molecular weight is 476 g/mol. The molecule has 0 fully saturated rings. The molecule has 9 heteroatoms. The first-order valence-electron chi connectivity index (χ1n) is 9.95. The Morgan fingerprint density at radius 2 is 1.67 bits per heavy atom. The molecule has 0 amide bonds. The van der Waals surface area contributed by atoms with Gasteiger partial charge < -0.3 is 8.92 Å². The molecule has 1 unspecified atom stereocenters. The lowest BCUT2D eigenvalue weighted by Crippen LogP contribution is -2.29. The van der Waals surface area contributed by atoms with E-state index in [9.17, 15) is 26.4 Å². The number of ether oxygens (including phenoxy) is 1. The van der Waals surface area contributed by atoms with Crippen LogP contribution in [0.3, 0.4) is 0 Å². The van der Waals surface area contributed by atoms with E-state index in [1.54, 1.807) is 19.1 Å². The molecule has 1 aliphatic rings. The molecule has 0 saturated heterocycles. The Morgan fingerprint density at radius 3 is 2.30 bits per heavy atom. The third-order valence-corrected chi connectivity index (χ3v) is 6.68. The second kappa shape index (κ2) is 8.22. The van der Waals surface area contributed by atoms with E-state index in [-0.39, 0.29) is 11.5 Å². The number of carbonyl (C=O) groups is 1. The van der Waals surface area contributed by atoms with Gasteiger partial charge in [-0.3, -0.25) is 0 Å². The van der Waals surface area contributed by atoms with Crippen molar-refractivity contribution in [2.24, 2.45) is 0 Å². The van der Waals surface area contributed by atoms with Crippen molar-refractivity contribution >= 4 is 16.1 Å². The smallest absolute Gasteiger partial charge is 0.465 e. The molecule has 0 aliphatic heterocycles. The van der Waals surface area contributed by atoms with Crippen LogP contribution in [-0.2, 0) is 21.3 Å². The Kier molecular flexibility index (Phi) is 5.69. The molecule has 3 aromatic carbocycles. The van der Waals surface area contributed by atoms with E-state index in [0.717, 1.165) is 24.3 Å². The van der Waals surface area contributed by atoms with Crippen LogP contribution in [0.25, 0.3) is 11.1 Å². The number of alkyl halides is 3. The van der Waals surface area contributed by atoms with Crippen LogP contribution in [0.15, 0.2) is 60.7 Å². The number of hydrogen-bond acceptors (Lipinski definition) is 5. The van der Waals surface area contributed by atoms with E-state index in [1.807, 2.05) is 42.5 Å². The topological polar surface area (TPSA) is 69.7 Å². The average Bonchev–Trinajstić information content (AvgIpc) is 2.78. The molecule has 0 aromatic heterocycles. The number of fused-ring (bicyclic) bond motifs is 3. The molecule has 0 radical (unpaired) electrons. The Labute approximate surface area is 188 Å². The molecule has 0 N–H and O–H groups in total. The summed E-state index contributed by atoms with van der Waals surface area (Å²) in [7, 11) is -4.93. The summed E-state index contributed by atoms with van der Waals surface area (Å²) in [6, 6.07) is 18.0. The third kappa shape index (κ3) is 3.97. The Balaban J connectivity index is 2.00. The van der Waals surface area contributed by atoms with Crippen molar-refractivity contribution < 1.29 is 35.3 Å². The van der Waals surface area contributed by atoms with Crippen LogP contribution in [0.1, 0.15) is 38.5 Å². The summed E-state index contributed by atoms with van der Waals surface area (Å²) >= 11 is 0.